The lowest BCUT2D eigenvalue weighted by molar-refractivity contribution is -0.139. The molecule has 2 aromatic rings. The van der Waals surface area contributed by atoms with Crippen LogP contribution in [0.2, 0.25) is 0 Å². The number of fused-ring (bicyclic) bond motifs is 1. The molecule has 12 heteroatoms. The van der Waals surface area contributed by atoms with Gasteiger partial charge in [-0.3, -0.25) is 14.7 Å². The Kier molecular flexibility index (Phi) is 8.22. The minimum Gasteiger partial charge on any atom is -0.394 e. The highest BCUT2D eigenvalue weighted by Crippen LogP contribution is 2.26. The largest absolute Gasteiger partial charge is 0.394 e. The van der Waals surface area contributed by atoms with Crippen molar-refractivity contribution in [2.24, 2.45) is 11.5 Å². The van der Waals surface area contributed by atoms with Gasteiger partial charge in [-0.2, -0.15) is 4.98 Å². The van der Waals surface area contributed by atoms with Crippen LogP contribution in [0.1, 0.15) is 43.7 Å². The summed E-state index contributed by atoms with van der Waals surface area (Å²) in [6.45, 7) is 2.24. The van der Waals surface area contributed by atoms with Crippen molar-refractivity contribution < 1.29 is 14.7 Å². The van der Waals surface area contributed by atoms with E-state index in [2.05, 4.69) is 27.8 Å². The topological polar surface area (TPSA) is 172 Å². The lowest BCUT2D eigenvalue weighted by Gasteiger charge is -2.37. The number of piperazine rings is 1. The van der Waals surface area contributed by atoms with Gasteiger partial charge >= 0.3 is 11.7 Å². The first-order chi connectivity index (χ1) is 19.1. The zero-order valence-corrected chi connectivity index (χ0v) is 23.0. The number of carbonyl (C=O) groups is 2. The van der Waals surface area contributed by atoms with E-state index in [1.165, 1.54) is 22.6 Å². The second-order valence-corrected chi connectivity index (χ2v) is 11.6. The summed E-state index contributed by atoms with van der Waals surface area (Å²) >= 11 is 0. The van der Waals surface area contributed by atoms with Gasteiger partial charge in [0.25, 0.3) is 0 Å². The number of anilines is 1. The molecule has 0 radical (unpaired) electrons. The molecule has 2 fully saturated rings. The highest BCUT2D eigenvalue weighted by atomic mass is 16.3. The van der Waals surface area contributed by atoms with E-state index in [9.17, 15) is 19.5 Å². The first kappa shape index (κ1) is 28.2. The van der Waals surface area contributed by atoms with Crippen LogP contribution in [-0.4, -0.2) is 92.8 Å². The van der Waals surface area contributed by atoms with Crippen LogP contribution in [0.4, 0.5) is 10.6 Å². The number of nitrogens with one attached hydrogen (secondary N) is 2. The zero-order chi connectivity index (χ0) is 28.4. The number of hydrogen-bond acceptors (Lipinski definition) is 8. The third-order valence-electron chi connectivity index (χ3n) is 8.35. The molecule has 1 aliphatic heterocycles. The standard InChI is InChI=1S/C28H40N8O4/c1-28(30,17-37)25(38)34-10-12-35(13-11-34)26(39)32-24-8-9-36(27(40)33-24)23-7-3-18-14-21(5-2-19(18)15-23)31-22-6-4-20(29)16-22/h3,7-9,15,20-22,31,37H,2,4-6,10-14,16-17,29-30H2,1H3,(H,32,33,39,40). The second-order valence-electron chi connectivity index (χ2n) is 11.6. The average Bonchev–Trinajstić information content (AvgIpc) is 3.36. The molecule has 1 aromatic heterocycles. The highest BCUT2D eigenvalue weighted by Gasteiger charge is 2.34. The summed E-state index contributed by atoms with van der Waals surface area (Å²) in [4.78, 5) is 45.2. The van der Waals surface area contributed by atoms with Gasteiger partial charge < -0.3 is 31.7 Å². The minimum absolute atomic E-state index is 0.165. The van der Waals surface area contributed by atoms with Crippen molar-refractivity contribution in [3.8, 4) is 5.69 Å². The van der Waals surface area contributed by atoms with Crippen molar-refractivity contribution in [3.63, 3.8) is 0 Å². The molecule has 1 saturated heterocycles. The van der Waals surface area contributed by atoms with Crippen LogP contribution < -0.4 is 27.8 Å². The van der Waals surface area contributed by atoms with E-state index >= 15 is 0 Å². The Balaban J connectivity index is 1.17. The smallest absolute Gasteiger partial charge is 0.354 e. The summed E-state index contributed by atoms with van der Waals surface area (Å²) in [6.07, 6.45) is 7.87. The molecule has 4 unspecified atom stereocenters. The maximum Gasteiger partial charge on any atom is 0.354 e. The Hall–Kier alpha value is -3.32. The normalized spacial score (nSPS) is 24.4. The van der Waals surface area contributed by atoms with Crippen molar-refractivity contribution in [2.45, 2.75) is 69.1 Å². The van der Waals surface area contributed by atoms with Crippen LogP contribution in [0.15, 0.2) is 35.3 Å². The van der Waals surface area contributed by atoms with Crippen molar-refractivity contribution >= 4 is 17.8 Å². The van der Waals surface area contributed by atoms with E-state index in [1.807, 2.05) is 6.07 Å². The molecule has 12 nitrogen and oxygen atoms in total. The molecule has 216 valence electrons. The maximum absolute atomic E-state index is 12.9. The first-order valence-corrected chi connectivity index (χ1v) is 14.1. The van der Waals surface area contributed by atoms with Gasteiger partial charge in [-0.15, -0.1) is 0 Å². The van der Waals surface area contributed by atoms with E-state index in [0.29, 0.717) is 44.3 Å². The number of aromatic nitrogens is 2. The number of rotatable bonds is 6. The van der Waals surface area contributed by atoms with Gasteiger partial charge in [-0.1, -0.05) is 6.07 Å². The van der Waals surface area contributed by atoms with Gasteiger partial charge in [-0.05, 0) is 74.8 Å². The average molecular weight is 553 g/mol. The molecule has 2 aliphatic carbocycles. The molecular formula is C28H40N8O4. The zero-order valence-electron chi connectivity index (χ0n) is 23.0. The molecule has 4 atom stereocenters. The van der Waals surface area contributed by atoms with Crippen LogP contribution in [-0.2, 0) is 17.6 Å². The van der Waals surface area contributed by atoms with E-state index in [1.54, 1.807) is 22.1 Å². The van der Waals surface area contributed by atoms with Gasteiger partial charge in [0.2, 0.25) is 5.91 Å². The summed E-state index contributed by atoms with van der Waals surface area (Å²) in [5.41, 5.74) is 13.4. The van der Waals surface area contributed by atoms with E-state index in [0.717, 1.165) is 44.2 Å². The summed E-state index contributed by atoms with van der Waals surface area (Å²) in [5.74, 6) is -0.189. The molecule has 3 aliphatic rings. The van der Waals surface area contributed by atoms with Crippen molar-refractivity contribution in [2.75, 3.05) is 38.1 Å². The van der Waals surface area contributed by atoms with E-state index in [4.69, 9.17) is 11.5 Å². The third kappa shape index (κ3) is 6.20. The number of carbonyl (C=O) groups excluding carboxylic acids is 2. The summed E-state index contributed by atoms with van der Waals surface area (Å²) < 4.78 is 1.48. The molecule has 2 heterocycles. The molecule has 0 bridgehead atoms. The predicted octanol–water partition coefficient (Wildman–Crippen LogP) is -0.0550. The van der Waals surface area contributed by atoms with E-state index < -0.39 is 23.9 Å². The minimum atomic E-state index is -1.35. The van der Waals surface area contributed by atoms with Crippen LogP contribution in [0, 0.1) is 0 Å². The lowest BCUT2D eigenvalue weighted by atomic mass is 9.87. The Bertz CT molecular complexity index is 1300. The fourth-order valence-corrected chi connectivity index (χ4v) is 5.93. The van der Waals surface area contributed by atoms with Gasteiger partial charge in [0.15, 0.2) is 0 Å². The molecule has 7 N–H and O–H groups in total. The van der Waals surface area contributed by atoms with E-state index in [-0.39, 0.29) is 11.7 Å². The van der Waals surface area contributed by atoms with Gasteiger partial charge in [0.1, 0.15) is 11.4 Å². The molecule has 5 rings (SSSR count). The van der Waals surface area contributed by atoms with Gasteiger partial charge in [0, 0.05) is 50.5 Å². The fraction of sp³-hybridized carbons (Fsp3) is 0.571. The Morgan fingerprint density at radius 2 is 1.82 bits per heavy atom. The quantitative estimate of drug-likeness (QED) is 0.332. The predicted molar refractivity (Wildman–Crippen MR) is 151 cm³/mol. The number of nitrogens with zero attached hydrogens (tertiary/aromatic N) is 4. The first-order valence-electron chi connectivity index (χ1n) is 14.1. The van der Waals surface area contributed by atoms with Crippen LogP contribution in [0.3, 0.4) is 0 Å². The van der Waals surface area contributed by atoms with Crippen LogP contribution in [0.5, 0.6) is 0 Å². The molecule has 40 heavy (non-hydrogen) atoms. The number of hydrogen-bond donors (Lipinski definition) is 5. The van der Waals surface area contributed by atoms with Crippen molar-refractivity contribution in [3.05, 3.63) is 52.1 Å². The number of aliphatic hydroxyl groups is 1. The van der Waals surface area contributed by atoms with Crippen LogP contribution in [0.25, 0.3) is 5.69 Å². The monoisotopic (exact) mass is 552 g/mol. The fourth-order valence-electron chi connectivity index (χ4n) is 5.93. The Labute approximate surface area is 233 Å². The summed E-state index contributed by atoms with van der Waals surface area (Å²) in [6, 6.07) is 8.58. The van der Waals surface area contributed by atoms with Crippen LogP contribution >= 0.6 is 0 Å². The second kappa shape index (κ2) is 11.7. The number of benzene rings is 1. The van der Waals surface area contributed by atoms with Crippen molar-refractivity contribution in [1.82, 2.24) is 24.7 Å². The number of aryl methyl sites for hydroxylation is 1. The Morgan fingerprint density at radius 3 is 2.50 bits per heavy atom. The number of nitrogens with two attached hydrogens (primary N) is 2. The molecule has 0 spiro atoms. The lowest BCUT2D eigenvalue weighted by Crippen LogP contribution is -2.60. The molecule has 3 amide bonds. The molecule has 1 saturated carbocycles. The summed E-state index contributed by atoms with van der Waals surface area (Å²) in [7, 11) is 0. The van der Waals surface area contributed by atoms with Crippen molar-refractivity contribution in [1.29, 1.82) is 0 Å². The Morgan fingerprint density at radius 1 is 1.07 bits per heavy atom. The third-order valence-corrected chi connectivity index (χ3v) is 8.35. The number of amides is 3. The number of aliphatic hydroxyl groups excluding tert-OH is 1. The maximum atomic E-state index is 12.9. The SMILES string of the molecule is CC(N)(CO)C(=O)N1CCN(C(=O)Nc2ccn(-c3ccc4c(c3)CCC(NC3CCC(N)C3)C4)c(=O)n2)CC1. The van der Waals surface area contributed by atoms with Gasteiger partial charge in [0.05, 0.1) is 12.3 Å². The summed E-state index contributed by atoms with van der Waals surface area (Å²) in [5, 5.41) is 15.8. The highest BCUT2D eigenvalue weighted by molar-refractivity contribution is 5.89. The number of urea groups is 1. The van der Waals surface area contributed by atoms with Gasteiger partial charge in [-0.25, -0.2) is 9.59 Å². The molecular weight excluding hydrogens is 512 g/mol. The molecule has 1 aromatic carbocycles.